The van der Waals surface area contributed by atoms with Crippen molar-refractivity contribution in [1.82, 2.24) is 9.88 Å². The van der Waals surface area contributed by atoms with E-state index in [-0.39, 0.29) is 24.2 Å². The highest BCUT2D eigenvalue weighted by atomic mass is 19.1. The number of aromatic nitrogens is 1. The number of halogens is 1. The van der Waals surface area contributed by atoms with Gasteiger partial charge in [-0.25, -0.2) is 9.37 Å². The number of para-hydroxylation sites is 3. The van der Waals surface area contributed by atoms with E-state index in [1.54, 1.807) is 34.1 Å². The maximum Gasteiger partial charge on any atom is 0.265 e. The summed E-state index contributed by atoms with van der Waals surface area (Å²) >= 11 is 0. The molecule has 1 atom stereocenters. The first kappa shape index (κ1) is 23.1. The monoisotopic (exact) mass is 497 g/mol. The highest BCUT2D eigenvalue weighted by Crippen LogP contribution is 2.36. The van der Waals surface area contributed by atoms with Crippen molar-refractivity contribution in [1.29, 1.82) is 0 Å². The quantitative estimate of drug-likeness (QED) is 0.422. The average Bonchev–Trinajstić information content (AvgIpc) is 2.96. The normalized spacial score (nSPS) is 17.3. The van der Waals surface area contributed by atoms with Gasteiger partial charge in [-0.3, -0.25) is 9.59 Å². The molecule has 1 saturated heterocycles. The molecule has 1 fully saturated rings. The van der Waals surface area contributed by atoms with E-state index in [4.69, 9.17) is 14.5 Å². The minimum Gasteiger partial charge on any atom is -0.476 e. The van der Waals surface area contributed by atoms with Gasteiger partial charge in [0.1, 0.15) is 11.6 Å². The summed E-state index contributed by atoms with van der Waals surface area (Å²) in [6, 6.07) is 22.4. The summed E-state index contributed by atoms with van der Waals surface area (Å²) < 4.78 is 25.0. The predicted molar refractivity (Wildman–Crippen MR) is 137 cm³/mol. The molecule has 2 aliphatic heterocycles. The standard InChI is InChI=1S/C29H24FN3O4/c30-20-11-9-19(10-12-20)24-17-22(21-5-1-2-6-23(21)31-24)28(34)33-18-27(29(35)32-13-15-36-16-14-32)37-26-8-4-3-7-25(26)33/h1-12,17,27H,13-16,18H2. The van der Waals surface area contributed by atoms with Crippen LogP contribution in [0.2, 0.25) is 0 Å². The smallest absolute Gasteiger partial charge is 0.265 e. The van der Waals surface area contributed by atoms with Crippen LogP contribution < -0.4 is 9.64 Å². The Labute approximate surface area is 213 Å². The Bertz CT molecular complexity index is 1480. The minimum atomic E-state index is -0.832. The van der Waals surface area contributed by atoms with Crippen molar-refractivity contribution >= 4 is 28.4 Å². The van der Waals surface area contributed by atoms with E-state index in [0.717, 1.165) is 0 Å². The maximum absolute atomic E-state index is 14.2. The van der Waals surface area contributed by atoms with Crippen LogP contribution in [0.25, 0.3) is 22.2 Å². The second-order valence-electron chi connectivity index (χ2n) is 9.01. The third-order valence-corrected chi connectivity index (χ3v) is 6.70. The lowest BCUT2D eigenvalue weighted by molar-refractivity contribution is -0.142. The Balaban J connectivity index is 1.42. The summed E-state index contributed by atoms with van der Waals surface area (Å²) in [5.74, 6) is -0.299. The molecule has 7 nitrogen and oxygen atoms in total. The Morgan fingerprint density at radius 2 is 1.65 bits per heavy atom. The fraction of sp³-hybridized carbons (Fsp3) is 0.207. The largest absolute Gasteiger partial charge is 0.476 e. The molecule has 6 rings (SSSR count). The number of amides is 2. The van der Waals surface area contributed by atoms with Gasteiger partial charge >= 0.3 is 0 Å². The molecule has 0 bridgehead atoms. The van der Waals surface area contributed by atoms with Crippen molar-refractivity contribution < 1.29 is 23.5 Å². The Kier molecular flexibility index (Phi) is 6.02. The number of carbonyl (C=O) groups is 2. The Morgan fingerprint density at radius 3 is 2.46 bits per heavy atom. The van der Waals surface area contributed by atoms with Crippen molar-refractivity contribution in [2.24, 2.45) is 0 Å². The van der Waals surface area contributed by atoms with Crippen LogP contribution in [0.3, 0.4) is 0 Å². The van der Waals surface area contributed by atoms with Gasteiger partial charge in [0.05, 0.1) is 42.2 Å². The molecule has 3 aromatic carbocycles. The number of morpholine rings is 1. The van der Waals surface area contributed by atoms with E-state index in [0.29, 0.717) is 65.5 Å². The molecule has 37 heavy (non-hydrogen) atoms. The molecule has 0 radical (unpaired) electrons. The first-order valence-electron chi connectivity index (χ1n) is 12.2. The van der Waals surface area contributed by atoms with Crippen LogP contribution in [0.4, 0.5) is 10.1 Å². The highest BCUT2D eigenvalue weighted by molar-refractivity contribution is 6.15. The number of fused-ring (bicyclic) bond motifs is 2. The lowest BCUT2D eigenvalue weighted by atomic mass is 10.0. The molecule has 0 aliphatic carbocycles. The van der Waals surface area contributed by atoms with Crippen LogP contribution in [-0.2, 0) is 9.53 Å². The van der Waals surface area contributed by atoms with Gasteiger partial charge in [-0.2, -0.15) is 0 Å². The number of ether oxygens (including phenoxy) is 2. The zero-order chi connectivity index (χ0) is 25.4. The Morgan fingerprint density at radius 1 is 0.919 bits per heavy atom. The summed E-state index contributed by atoms with van der Waals surface area (Å²) in [5, 5.41) is 0.693. The summed E-state index contributed by atoms with van der Waals surface area (Å²) in [6.07, 6.45) is -0.832. The average molecular weight is 498 g/mol. The van der Waals surface area contributed by atoms with Crippen LogP contribution in [0.1, 0.15) is 10.4 Å². The van der Waals surface area contributed by atoms with Gasteiger partial charge in [0, 0.05) is 24.0 Å². The van der Waals surface area contributed by atoms with Crippen LogP contribution in [-0.4, -0.2) is 60.7 Å². The van der Waals surface area contributed by atoms with Gasteiger partial charge in [-0.1, -0.05) is 30.3 Å². The van der Waals surface area contributed by atoms with Gasteiger partial charge < -0.3 is 19.3 Å². The molecule has 0 N–H and O–H groups in total. The first-order chi connectivity index (χ1) is 18.1. The Hall–Kier alpha value is -4.30. The topological polar surface area (TPSA) is 72.0 Å². The van der Waals surface area contributed by atoms with Crippen molar-refractivity contribution in [3.8, 4) is 17.0 Å². The van der Waals surface area contributed by atoms with Gasteiger partial charge in [-0.05, 0) is 48.5 Å². The molecule has 1 aromatic heterocycles. The van der Waals surface area contributed by atoms with Crippen LogP contribution in [0.15, 0.2) is 78.9 Å². The molecule has 186 valence electrons. The van der Waals surface area contributed by atoms with Crippen molar-refractivity contribution in [3.05, 3.63) is 90.2 Å². The fourth-order valence-corrected chi connectivity index (χ4v) is 4.81. The second-order valence-corrected chi connectivity index (χ2v) is 9.01. The van der Waals surface area contributed by atoms with Gasteiger partial charge in [0.15, 0.2) is 6.10 Å². The van der Waals surface area contributed by atoms with Gasteiger partial charge in [0.2, 0.25) is 0 Å². The number of rotatable bonds is 3. The van der Waals surface area contributed by atoms with Crippen LogP contribution in [0.5, 0.6) is 5.75 Å². The molecule has 2 aliphatic rings. The van der Waals surface area contributed by atoms with Crippen molar-refractivity contribution in [3.63, 3.8) is 0 Å². The highest BCUT2D eigenvalue weighted by Gasteiger charge is 2.37. The second kappa shape index (κ2) is 9.63. The number of carbonyl (C=O) groups excluding carboxylic acids is 2. The fourth-order valence-electron chi connectivity index (χ4n) is 4.81. The molecular weight excluding hydrogens is 473 g/mol. The molecule has 4 aromatic rings. The maximum atomic E-state index is 14.2. The number of pyridine rings is 1. The predicted octanol–water partition coefficient (Wildman–Crippen LogP) is 4.31. The first-order valence-corrected chi connectivity index (χ1v) is 12.2. The van der Waals surface area contributed by atoms with Crippen LogP contribution in [0, 0.1) is 5.82 Å². The lowest BCUT2D eigenvalue weighted by Crippen LogP contribution is -2.54. The lowest BCUT2D eigenvalue weighted by Gasteiger charge is -2.37. The number of nitrogens with zero attached hydrogens (tertiary/aromatic N) is 3. The molecule has 1 unspecified atom stereocenters. The zero-order valence-corrected chi connectivity index (χ0v) is 20.0. The minimum absolute atomic E-state index is 0.0779. The molecule has 0 saturated carbocycles. The van der Waals surface area contributed by atoms with E-state index in [2.05, 4.69) is 0 Å². The van der Waals surface area contributed by atoms with E-state index in [1.807, 2.05) is 42.5 Å². The SMILES string of the molecule is O=C(C1CN(C(=O)c2cc(-c3ccc(F)cc3)nc3ccccc23)c2ccccc2O1)N1CCOCC1. The van der Waals surface area contributed by atoms with Crippen molar-refractivity contribution in [2.75, 3.05) is 37.7 Å². The van der Waals surface area contributed by atoms with E-state index >= 15 is 0 Å². The third-order valence-electron chi connectivity index (χ3n) is 6.70. The molecule has 8 heteroatoms. The molecule has 2 amide bonds. The van der Waals surface area contributed by atoms with E-state index < -0.39 is 6.10 Å². The molecule has 0 spiro atoms. The summed E-state index contributed by atoms with van der Waals surface area (Å²) in [4.78, 5) is 35.6. The number of hydrogen-bond donors (Lipinski definition) is 0. The number of hydrogen-bond acceptors (Lipinski definition) is 5. The van der Waals surface area contributed by atoms with E-state index in [1.165, 1.54) is 12.1 Å². The number of anilines is 1. The van der Waals surface area contributed by atoms with Crippen LogP contribution >= 0.6 is 0 Å². The molecular formula is C29H24FN3O4. The summed E-state index contributed by atoms with van der Waals surface area (Å²) in [7, 11) is 0. The molecule has 3 heterocycles. The van der Waals surface area contributed by atoms with E-state index in [9.17, 15) is 14.0 Å². The zero-order valence-electron chi connectivity index (χ0n) is 20.0. The summed E-state index contributed by atoms with van der Waals surface area (Å²) in [5.41, 5.74) is 2.95. The summed E-state index contributed by atoms with van der Waals surface area (Å²) in [6.45, 7) is 2.02. The van der Waals surface area contributed by atoms with Gasteiger partial charge in [-0.15, -0.1) is 0 Å². The third kappa shape index (κ3) is 4.40. The van der Waals surface area contributed by atoms with Crippen molar-refractivity contribution in [2.45, 2.75) is 6.10 Å². The van der Waals surface area contributed by atoms with Gasteiger partial charge in [0.25, 0.3) is 11.8 Å². The number of benzene rings is 3.